The van der Waals surface area contributed by atoms with E-state index in [4.69, 9.17) is 4.74 Å². The number of nitrogens with one attached hydrogen (secondary N) is 4. The van der Waals surface area contributed by atoms with Crippen molar-refractivity contribution in [2.75, 3.05) is 16.8 Å². The molecule has 4 rings (SSSR count). The Balaban J connectivity index is 1.47. The number of amides is 4. The van der Waals surface area contributed by atoms with Gasteiger partial charge in [-0.2, -0.15) is 0 Å². The third-order valence-corrected chi connectivity index (χ3v) is 6.47. The molecule has 2 atom stereocenters. The average Bonchev–Trinajstić information content (AvgIpc) is 3.48. The fraction of sp³-hybridized carbons (Fsp3) is 0.379. The second kappa shape index (κ2) is 11.4. The van der Waals surface area contributed by atoms with Gasteiger partial charge in [0.25, 0.3) is 0 Å². The lowest BCUT2D eigenvalue weighted by molar-refractivity contribution is -0.132. The monoisotopic (exact) mass is 551 g/mol. The predicted octanol–water partition coefficient (Wildman–Crippen LogP) is 4.46. The molecule has 212 valence electrons. The van der Waals surface area contributed by atoms with Crippen LogP contribution in [0.4, 0.5) is 20.6 Å². The van der Waals surface area contributed by atoms with E-state index in [-0.39, 0.29) is 5.91 Å². The van der Waals surface area contributed by atoms with Crippen LogP contribution >= 0.6 is 0 Å². The molecule has 1 aliphatic heterocycles. The molecule has 11 heteroatoms. The minimum absolute atomic E-state index is 0.192. The van der Waals surface area contributed by atoms with Crippen LogP contribution in [0, 0.1) is 5.82 Å². The van der Waals surface area contributed by atoms with E-state index in [1.807, 2.05) is 11.0 Å². The Bertz CT molecular complexity index is 1440. The Labute approximate surface area is 231 Å². The zero-order chi connectivity index (χ0) is 29.2. The molecule has 3 aromatic rings. The number of aromatic nitrogens is 1. The zero-order valence-corrected chi connectivity index (χ0v) is 23.2. The minimum Gasteiger partial charge on any atom is -0.444 e. The molecule has 40 heavy (non-hydrogen) atoms. The van der Waals surface area contributed by atoms with Gasteiger partial charge in [0.05, 0.1) is 5.69 Å². The molecule has 4 amide bonds. The first-order chi connectivity index (χ1) is 18.8. The van der Waals surface area contributed by atoms with E-state index in [1.54, 1.807) is 57.2 Å². The van der Waals surface area contributed by atoms with Crippen molar-refractivity contribution in [1.82, 2.24) is 15.6 Å². The van der Waals surface area contributed by atoms with Crippen LogP contribution in [0.25, 0.3) is 22.2 Å². The van der Waals surface area contributed by atoms with E-state index in [9.17, 15) is 19.2 Å². The van der Waals surface area contributed by atoms with Crippen molar-refractivity contribution >= 4 is 46.1 Å². The second-order valence-electron chi connectivity index (χ2n) is 10.9. The lowest BCUT2D eigenvalue weighted by Gasteiger charge is -2.26. The number of carbonyl (C=O) groups excluding carboxylic acids is 4. The first-order valence-electron chi connectivity index (χ1n) is 13.1. The average molecular weight is 552 g/mol. The SMILES string of the molecule is CC(=O)Nc1ccc(-c2[nH]c3ccc(N4CCC[C@H]4C(=O)NC(=O)[C@@H](C)NC(=O)OC(C)(C)C)cc3c2F)cc1. The zero-order valence-electron chi connectivity index (χ0n) is 23.2. The van der Waals surface area contributed by atoms with Crippen molar-refractivity contribution in [2.45, 2.75) is 65.1 Å². The predicted molar refractivity (Wildman–Crippen MR) is 150 cm³/mol. The summed E-state index contributed by atoms with van der Waals surface area (Å²) in [6.45, 7) is 8.57. The number of hydrogen-bond donors (Lipinski definition) is 4. The summed E-state index contributed by atoms with van der Waals surface area (Å²) in [5.74, 6) is -1.76. The molecule has 2 heterocycles. The molecule has 0 spiro atoms. The van der Waals surface area contributed by atoms with Crippen molar-refractivity contribution in [3.8, 4) is 11.3 Å². The molecule has 1 aliphatic rings. The molecule has 0 radical (unpaired) electrons. The van der Waals surface area contributed by atoms with Crippen molar-refractivity contribution in [3.05, 3.63) is 48.3 Å². The first-order valence-corrected chi connectivity index (χ1v) is 13.1. The topological polar surface area (TPSA) is 133 Å². The number of H-pyrrole nitrogens is 1. The highest BCUT2D eigenvalue weighted by Crippen LogP contribution is 2.34. The summed E-state index contributed by atoms with van der Waals surface area (Å²) < 4.78 is 20.7. The summed E-state index contributed by atoms with van der Waals surface area (Å²) >= 11 is 0. The van der Waals surface area contributed by atoms with Gasteiger partial charge in [-0.1, -0.05) is 12.1 Å². The van der Waals surface area contributed by atoms with Gasteiger partial charge in [-0.15, -0.1) is 0 Å². The Morgan fingerprint density at radius 1 is 1.10 bits per heavy atom. The number of hydrogen-bond acceptors (Lipinski definition) is 6. The first kappa shape index (κ1) is 28.6. The molecule has 10 nitrogen and oxygen atoms in total. The van der Waals surface area contributed by atoms with Gasteiger partial charge in [-0.3, -0.25) is 19.7 Å². The van der Waals surface area contributed by atoms with E-state index < -0.39 is 41.4 Å². The van der Waals surface area contributed by atoms with Crippen LogP contribution in [0.2, 0.25) is 0 Å². The van der Waals surface area contributed by atoms with Gasteiger partial charge in [0.15, 0.2) is 5.82 Å². The third kappa shape index (κ3) is 6.59. The van der Waals surface area contributed by atoms with Gasteiger partial charge in [0.1, 0.15) is 17.7 Å². The Kier molecular flexibility index (Phi) is 8.13. The van der Waals surface area contributed by atoms with Gasteiger partial charge in [-0.05, 0) is 70.9 Å². The number of imide groups is 1. The van der Waals surface area contributed by atoms with E-state index in [1.165, 1.54) is 13.8 Å². The maximum absolute atomic E-state index is 15.5. The largest absolute Gasteiger partial charge is 0.444 e. The summed E-state index contributed by atoms with van der Waals surface area (Å²) in [5.41, 5.74) is 2.08. The number of halogens is 1. The summed E-state index contributed by atoms with van der Waals surface area (Å²) in [5, 5.41) is 7.86. The summed E-state index contributed by atoms with van der Waals surface area (Å²) in [4.78, 5) is 53.8. The maximum atomic E-state index is 15.5. The van der Waals surface area contributed by atoms with E-state index >= 15 is 4.39 Å². The molecule has 1 fully saturated rings. The van der Waals surface area contributed by atoms with Crippen LogP contribution in [0.5, 0.6) is 0 Å². The van der Waals surface area contributed by atoms with E-state index in [0.717, 1.165) is 6.42 Å². The fourth-order valence-electron chi connectivity index (χ4n) is 4.66. The third-order valence-electron chi connectivity index (χ3n) is 6.47. The van der Waals surface area contributed by atoms with E-state index in [2.05, 4.69) is 20.9 Å². The van der Waals surface area contributed by atoms with Gasteiger partial charge in [0, 0.05) is 41.3 Å². The van der Waals surface area contributed by atoms with Crippen molar-refractivity contribution in [2.24, 2.45) is 0 Å². The fourth-order valence-corrected chi connectivity index (χ4v) is 4.66. The Morgan fingerprint density at radius 2 is 1.80 bits per heavy atom. The van der Waals surface area contributed by atoms with Crippen molar-refractivity contribution in [1.29, 1.82) is 0 Å². The van der Waals surface area contributed by atoms with E-state index in [0.29, 0.717) is 46.5 Å². The van der Waals surface area contributed by atoms with Crippen LogP contribution in [-0.4, -0.2) is 53.0 Å². The standard InChI is InChI=1S/C29H34FN5O5/c1-16(31-28(39)40-29(3,4)5)26(37)34-27(38)23-7-6-14-35(23)20-12-13-22-21(15-20)24(30)25(33-22)18-8-10-19(11-9-18)32-17(2)36/h8-13,15-16,23,33H,6-7,14H2,1-5H3,(H,31,39)(H,32,36)(H,34,37,38)/t16-,23+/m1/s1. The highest BCUT2D eigenvalue weighted by Gasteiger charge is 2.33. The van der Waals surface area contributed by atoms with Gasteiger partial charge < -0.3 is 25.3 Å². The van der Waals surface area contributed by atoms with Crippen LogP contribution in [0.15, 0.2) is 42.5 Å². The summed E-state index contributed by atoms with van der Waals surface area (Å²) in [7, 11) is 0. The molecule has 2 aromatic carbocycles. The molecular formula is C29H34FN5O5. The number of carbonyl (C=O) groups is 4. The lowest BCUT2D eigenvalue weighted by Crippen LogP contribution is -2.52. The van der Waals surface area contributed by atoms with Gasteiger partial charge >= 0.3 is 6.09 Å². The molecule has 1 aromatic heterocycles. The van der Waals surface area contributed by atoms with Crippen LogP contribution in [-0.2, 0) is 19.1 Å². The van der Waals surface area contributed by atoms with Crippen molar-refractivity contribution < 1.29 is 28.3 Å². The summed E-state index contributed by atoms with van der Waals surface area (Å²) in [6.07, 6.45) is 0.485. The number of anilines is 2. The lowest BCUT2D eigenvalue weighted by atomic mass is 10.1. The van der Waals surface area contributed by atoms with Gasteiger partial charge in [-0.25, -0.2) is 9.18 Å². The number of benzene rings is 2. The minimum atomic E-state index is -0.982. The second-order valence-corrected chi connectivity index (χ2v) is 10.9. The molecule has 4 N–H and O–H groups in total. The number of ether oxygens (including phenoxy) is 1. The van der Waals surface area contributed by atoms with Crippen LogP contribution in [0.1, 0.15) is 47.5 Å². The quantitative estimate of drug-likeness (QED) is 0.358. The number of fused-ring (bicyclic) bond motifs is 1. The van der Waals surface area contributed by atoms with Gasteiger partial charge in [0.2, 0.25) is 17.7 Å². The Hall–Kier alpha value is -4.41. The summed E-state index contributed by atoms with van der Waals surface area (Å²) in [6, 6.07) is 10.5. The number of nitrogens with zero attached hydrogens (tertiary/aromatic N) is 1. The highest BCUT2D eigenvalue weighted by molar-refractivity contribution is 6.02. The number of aromatic amines is 1. The smallest absolute Gasteiger partial charge is 0.408 e. The molecule has 0 aliphatic carbocycles. The number of rotatable bonds is 6. The molecule has 0 saturated carbocycles. The molecular weight excluding hydrogens is 517 g/mol. The number of alkyl carbamates (subject to hydrolysis) is 1. The Morgan fingerprint density at radius 3 is 2.45 bits per heavy atom. The highest BCUT2D eigenvalue weighted by atomic mass is 19.1. The van der Waals surface area contributed by atoms with Crippen LogP contribution < -0.4 is 20.9 Å². The normalized spacial score (nSPS) is 15.9. The van der Waals surface area contributed by atoms with Crippen LogP contribution in [0.3, 0.4) is 0 Å². The molecule has 0 unspecified atom stereocenters. The molecule has 0 bridgehead atoms. The molecule has 1 saturated heterocycles. The van der Waals surface area contributed by atoms with Crippen molar-refractivity contribution in [3.63, 3.8) is 0 Å². The maximum Gasteiger partial charge on any atom is 0.408 e.